The molecule has 1 heterocycles. The number of rotatable bonds is 7. The highest BCUT2D eigenvalue weighted by molar-refractivity contribution is 6.02. The normalized spacial score (nSPS) is 11.2. The summed E-state index contributed by atoms with van der Waals surface area (Å²) >= 11 is 0. The van der Waals surface area contributed by atoms with Gasteiger partial charge in [0.1, 0.15) is 0 Å². The van der Waals surface area contributed by atoms with Gasteiger partial charge in [-0.15, -0.1) is 6.58 Å². The van der Waals surface area contributed by atoms with Crippen LogP contribution in [0.2, 0.25) is 0 Å². The Balaban J connectivity index is 1.92. The lowest BCUT2D eigenvalue weighted by atomic mass is 10.2. The first-order valence-electron chi connectivity index (χ1n) is 7.55. The maximum absolute atomic E-state index is 12.0. The first kappa shape index (κ1) is 18.0. The van der Waals surface area contributed by atoms with E-state index in [2.05, 4.69) is 17.2 Å². The number of hydrogen-bond acceptors (Lipinski definition) is 5. The fraction of sp³-hybridized carbons (Fsp3) is 0.167. The van der Waals surface area contributed by atoms with Gasteiger partial charge in [-0.1, -0.05) is 6.08 Å². The molecule has 25 heavy (non-hydrogen) atoms. The molecular weight excluding hydrogens is 324 g/mol. The van der Waals surface area contributed by atoms with Crippen LogP contribution in [0.1, 0.15) is 27.8 Å². The van der Waals surface area contributed by atoms with E-state index in [1.54, 1.807) is 24.3 Å². The van der Waals surface area contributed by atoms with Crippen LogP contribution < -0.4 is 10.6 Å². The number of carbonyl (C=O) groups excluding carboxylic acids is 3. The SMILES string of the molecule is C=CCNC(=O)[C@@H](C)OC(=O)c1ccc(NC(=O)c2ccco2)cc1. The third-order valence-corrected chi connectivity index (χ3v) is 3.20. The van der Waals surface area contributed by atoms with Crippen LogP contribution in [0, 0.1) is 0 Å². The molecule has 0 saturated heterocycles. The molecule has 0 bridgehead atoms. The summed E-state index contributed by atoms with van der Waals surface area (Å²) in [5, 5.41) is 5.18. The van der Waals surface area contributed by atoms with Crippen LogP contribution in [0.3, 0.4) is 0 Å². The van der Waals surface area contributed by atoms with Crippen LogP contribution in [0.4, 0.5) is 5.69 Å². The highest BCUT2D eigenvalue weighted by atomic mass is 16.5. The Bertz CT molecular complexity index is 750. The standard InChI is InChI=1S/C18H18N2O5/c1-3-10-19-16(21)12(2)25-18(23)13-6-8-14(9-7-13)20-17(22)15-5-4-11-24-15/h3-9,11-12H,1,10H2,2H3,(H,19,21)(H,20,22)/t12-/m1/s1. The Kier molecular flexibility index (Phi) is 6.11. The summed E-state index contributed by atoms with van der Waals surface area (Å²) in [6, 6.07) is 9.25. The molecule has 0 radical (unpaired) electrons. The smallest absolute Gasteiger partial charge is 0.338 e. The van der Waals surface area contributed by atoms with Crippen molar-refractivity contribution in [2.45, 2.75) is 13.0 Å². The van der Waals surface area contributed by atoms with Gasteiger partial charge in [0, 0.05) is 12.2 Å². The second-order valence-corrected chi connectivity index (χ2v) is 5.09. The Morgan fingerprint density at radius 3 is 2.56 bits per heavy atom. The van der Waals surface area contributed by atoms with Gasteiger partial charge in [-0.2, -0.15) is 0 Å². The second-order valence-electron chi connectivity index (χ2n) is 5.09. The molecule has 0 aliphatic rings. The molecule has 7 nitrogen and oxygen atoms in total. The van der Waals surface area contributed by atoms with Gasteiger partial charge in [-0.25, -0.2) is 4.79 Å². The van der Waals surface area contributed by atoms with Crippen LogP contribution in [0.15, 0.2) is 59.7 Å². The number of benzene rings is 1. The zero-order valence-corrected chi connectivity index (χ0v) is 13.7. The van der Waals surface area contributed by atoms with Gasteiger partial charge in [-0.05, 0) is 43.3 Å². The van der Waals surface area contributed by atoms with Crippen molar-refractivity contribution in [3.63, 3.8) is 0 Å². The monoisotopic (exact) mass is 342 g/mol. The second kappa shape index (κ2) is 8.49. The molecule has 0 aliphatic carbocycles. The lowest BCUT2D eigenvalue weighted by Gasteiger charge is -2.13. The quantitative estimate of drug-likeness (QED) is 0.595. The summed E-state index contributed by atoms with van der Waals surface area (Å²) in [4.78, 5) is 35.5. The topological polar surface area (TPSA) is 97.6 Å². The molecule has 0 aliphatic heterocycles. The van der Waals surface area contributed by atoms with Crippen molar-refractivity contribution in [2.75, 3.05) is 11.9 Å². The van der Waals surface area contributed by atoms with Crippen molar-refractivity contribution >= 4 is 23.5 Å². The molecule has 2 rings (SSSR count). The molecule has 1 aromatic carbocycles. The van der Waals surface area contributed by atoms with E-state index in [0.717, 1.165) is 0 Å². The van der Waals surface area contributed by atoms with E-state index in [0.29, 0.717) is 12.2 Å². The van der Waals surface area contributed by atoms with Crippen LogP contribution in [-0.2, 0) is 9.53 Å². The Morgan fingerprint density at radius 1 is 1.24 bits per heavy atom. The molecule has 0 saturated carbocycles. The van der Waals surface area contributed by atoms with Gasteiger partial charge in [0.15, 0.2) is 11.9 Å². The predicted molar refractivity (Wildman–Crippen MR) is 91.2 cm³/mol. The van der Waals surface area contributed by atoms with Gasteiger partial charge in [0.2, 0.25) is 0 Å². The van der Waals surface area contributed by atoms with Crippen molar-refractivity contribution in [3.8, 4) is 0 Å². The minimum atomic E-state index is -0.925. The fourth-order valence-electron chi connectivity index (χ4n) is 1.89. The molecule has 0 unspecified atom stereocenters. The Hall–Kier alpha value is -3.35. The molecule has 1 atom stereocenters. The van der Waals surface area contributed by atoms with Gasteiger partial charge >= 0.3 is 5.97 Å². The van der Waals surface area contributed by atoms with Crippen molar-refractivity contribution in [2.24, 2.45) is 0 Å². The molecule has 7 heteroatoms. The average molecular weight is 342 g/mol. The van der Waals surface area contributed by atoms with E-state index < -0.39 is 23.9 Å². The maximum atomic E-state index is 12.0. The van der Waals surface area contributed by atoms with E-state index >= 15 is 0 Å². The van der Waals surface area contributed by atoms with Crippen LogP contribution >= 0.6 is 0 Å². The maximum Gasteiger partial charge on any atom is 0.338 e. The summed E-state index contributed by atoms with van der Waals surface area (Å²) in [6.45, 7) is 5.26. The predicted octanol–water partition coefficient (Wildman–Crippen LogP) is 2.38. The first-order chi connectivity index (χ1) is 12.0. The molecular formula is C18H18N2O5. The number of furan rings is 1. The third-order valence-electron chi connectivity index (χ3n) is 3.20. The van der Waals surface area contributed by atoms with Gasteiger partial charge in [-0.3, -0.25) is 9.59 Å². The van der Waals surface area contributed by atoms with Crippen LogP contribution in [0.25, 0.3) is 0 Å². The van der Waals surface area contributed by atoms with Crippen molar-refractivity contribution in [1.29, 1.82) is 0 Å². The summed E-state index contributed by atoms with van der Waals surface area (Å²) in [7, 11) is 0. The van der Waals surface area contributed by atoms with E-state index in [-0.39, 0.29) is 11.3 Å². The van der Waals surface area contributed by atoms with Gasteiger partial charge < -0.3 is 19.8 Å². The van der Waals surface area contributed by atoms with Crippen LogP contribution in [0.5, 0.6) is 0 Å². The number of amides is 2. The zero-order valence-electron chi connectivity index (χ0n) is 13.7. The highest BCUT2D eigenvalue weighted by Crippen LogP contribution is 2.13. The van der Waals surface area contributed by atoms with E-state index in [1.807, 2.05) is 0 Å². The van der Waals surface area contributed by atoms with E-state index in [1.165, 1.54) is 31.4 Å². The molecule has 0 fully saturated rings. The molecule has 0 spiro atoms. The summed E-state index contributed by atoms with van der Waals surface area (Å²) < 4.78 is 10.1. The van der Waals surface area contributed by atoms with E-state index in [9.17, 15) is 14.4 Å². The molecule has 130 valence electrons. The minimum absolute atomic E-state index is 0.183. The largest absolute Gasteiger partial charge is 0.459 e. The summed E-state index contributed by atoms with van der Waals surface area (Å²) in [6.07, 6.45) is 2.01. The number of nitrogens with one attached hydrogen (secondary N) is 2. The molecule has 2 aromatic rings. The highest BCUT2D eigenvalue weighted by Gasteiger charge is 2.18. The molecule has 1 aromatic heterocycles. The number of hydrogen-bond donors (Lipinski definition) is 2. The first-order valence-corrected chi connectivity index (χ1v) is 7.55. The number of anilines is 1. The fourth-order valence-corrected chi connectivity index (χ4v) is 1.89. The average Bonchev–Trinajstić information content (AvgIpc) is 3.14. The lowest BCUT2D eigenvalue weighted by molar-refractivity contribution is -0.128. The summed E-state index contributed by atoms with van der Waals surface area (Å²) in [5.41, 5.74) is 0.758. The number of ether oxygens (including phenoxy) is 1. The zero-order chi connectivity index (χ0) is 18.2. The van der Waals surface area contributed by atoms with Crippen molar-refractivity contribution in [1.82, 2.24) is 5.32 Å². The Labute approximate surface area is 144 Å². The summed E-state index contributed by atoms with van der Waals surface area (Å²) in [5.74, 6) is -1.25. The van der Waals surface area contributed by atoms with E-state index in [4.69, 9.17) is 9.15 Å². The van der Waals surface area contributed by atoms with Crippen molar-refractivity contribution < 1.29 is 23.5 Å². The lowest BCUT2D eigenvalue weighted by Crippen LogP contribution is -2.35. The van der Waals surface area contributed by atoms with Gasteiger partial charge in [0.25, 0.3) is 11.8 Å². The van der Waals surface area contributed by atoms with Gasteiger partial charge in [0.05, 0.1) is 11.8 Å². The van der Waals surface area contributed by atoms with Crippen molar-refractivity contribution in [3.05, 3.63) is 66.6 Å². The minimum Gasteiger partial charge on any atom is -0.459 e. The molecule has 2 N–H and O–H groups in total. The Morgan fingerprint density at radius 2 is 1.96 bits per heavy atom. The third kappa shape index (κ3) is 5.07. The molecule has 2 amide bonds. The van der Waals surface area contributed by atoms with Crippen LogP contribution in [-0.4, -0.2) is 30.4 Å². The number of esters is 1. The number of carbonyl (C=O) groups is 3.